The van der Waals surface area contributed by atoms with Gasteiger partial charge in [0.1, 0.15) is 5.82 Å². The third-order valence-corrected chi connectivity index (χ3v) is 2.35. The van der Waals surface area contributed by atoms with Crippen LogP contribution in [0, 0.1) is 6.92 Å². The van der Waals surface area contributed by atoms with Gasteiger partial charge in [-0.2, -0.15) is 5.10 Å². The summed E-state index contributed by atoms with van der Waals surface area (Å²) < 4.78 is 1.78. The molecule has 0 aromatic carbocycles. The van der Waals surface area contributed by atoms with E-state index in [0.29, 0.717) is 6.54 Å². The molecule has 0 saturated carbocycles. The van der Waals surface area contributed by atoms with E-state index in [4.69, 9.17) is 5.11 Å². The molecule has 0 unspecified atom stereocenters. The van der Waals surface area contributed by atoms with Gasteiger partial charge in [-0.3, -0.25) is 0 Å². The number of aromatic amines is 1. The fourth-order valence-corrected chi connectivity index (χ4v) is 1.61. The van der Waals surface area contributed by atoms with Crippen molar-refractivity contribution in [2.75, 3.05) is 11.9 Å². The average molecular weight is 220 g/mol. The van der Waals surface area contributed by atoms with Gasteiger partial charge in [-0.1, -0.05) is 0 Å². The largest absolute Gasteiger partial charge is 0.394 e. The highest BCUT2D eigenvalue weighted by Crippen LogP contribution is 2.11. The Morgan fingerprint density at radius 3 is 3.12 bits per heavy atom. The van der Waals surface area contributed by atoms with Gasteiger partial charge in [0.05, 0.1) is 18.8 Å². The number of aromatic nitrogens is 3. The molecule has 2 aromatic heterocycles. The van der Waals surface area contributed by atoms with Crippen molar-refractivity contribution in [3.63, 3.8) is 0 Å². The van der Waals surface area contributed by atoms with Gasteiger partial charge >= 0.3 is 0 Å². The number of H-pyrrole nitrogens is 1. The lowest BCUT2D eigenvalue weighted by atomic mass is 10.3. The Kier molecular flexibility index (Phi) is 3.26. The second-order valence-corrected chi connectivity index (χ2v) is 3.69. The fourth-order valence-electron chi connectivity index (χ4n) is 1.61. The second-order valence-electron chi connectivity index (χ2n) is 3.69. The summed E-state index contributed by atoms with van der Waals surface area (Å²) in [6.07, 6.45) is 3.85. The first kappa shape index (κ1) is 10.8. The lowest BCUT2D eigenvalue weighted by Gasteiger charge is -2.07. The average Bonchev–Trinajstić information content (AvgIpc) is 2.86. The van der Waals surface area contributed by atoms with Crippen molar-refractivity contribution in [1.82, 2.24) is 14.8 Å². The second kappa shape index (κ2) is 4.85. The van der Waals surface area contributed by atoms with Crippen LogP contribution in [0.25, 0.3) is 0 Å². The Hall–Kier alpha value is -1.75. The molecule has 2 rings (SSSR count). The number of anilines is 1. The molecule has 0 aliphatic rings. The monoisotopic (exact) mass is 220 g/mol. The van der Waals surface area contributed by atoms with Gasteiger partial charge in [-0.25, -0.2) is 4.68 Å². The lowest BCUT2D eigenvalue weighted by Crippen LogP contribution is -2.10. The maximum atomic E-state index is 8.91. The summed E-state index contributed by atoms with van der Waals surface area (Å²) >= 11 is 0. The van der Waals surface area contributed by atoms with E-state index in [1.54, 1.807) is 4.68 Å². The van der Waals surface area contributed by atoms with Crippen molar-refractivity contribution in [3.05, 3.63) is 35.8 Å². The van der Waals surface area contributed by atoms with E-state index in [2.05, 4.69) is 15.4 Å². The van der Waals surface area contributed by atoms with Crippen molar-refractivity contribution < 1.29 is 5.11 Å². The third-order valence-electron chi connectivity index (χ3n) is 2.35. The molecule has 86 valence electrons. The number of hydrogen-bond acceptors (Lipinski definition) is 3. The minimum absolute atomic E-state index is 0.0972. The summed E-state index contributed by atoms with van der Waals surface area (Å²) in [7, 11) is 0. The summed E-state index contributed by atoms with van der Waals surface area (Å²) in [5.41, 5.74) is 2.14. The molecule has 0 spiro atoms. The molecule has 0 atom stereocenters. The number of aryl methyl sites for hydroxylation is 1. The zero-order valence-corrected chi connectivity index (χ0v) is 9.27. The van der Waals surface area contributed by atoms with Crippen LogP contribution < -0.4 is 5.32 Å². The number of nitrogens with one attached hydrogen (secondary N) is 2. The molecule has 0 fully saturated rings. The zero-order chi connectivity index (χ0) is 11.4. The summed E-state index contributed by atoms with van der Waals surface area (Å²) in [4.78, 5) is 3.01. The van der Waals surface area contributed by atoms with Crippen LogP contribution in [0.4, 0.5) is 5.82 Å². The van der Waals surface area contributed by atoms with E-state index >= 15 is 0 Å². The first-order valence-electron chi connectivity index (χ1n) is 5.30. The Balaban J connectivity index is 2.02. The van der Waals surface area contributed by atoms with Crippen molar-refractivity contribution in [1.29, 1.82) is 0 Å². The summed E-state index contributed by atoms with van der Waals surface area (Å²) in [6, 6.07) is 3.99. The molecule has 0 radical (unpaired) electrons. The van der Waals surface area contributed by atoms with Gasteiger partial charge in [0.25, 0.3) is 0 Å². The van der Waals surface area contributed by atoms with E-state index in [9.17, 15) is 0 Å². The van der Waals surface area contributed by atoms with Gasteiger partial charge in [-0.15, -0.1) is 0 Å². The molecule has 0 aliphatic carbocycles. The van der Waals surface area contributed by atoms with Crippen LogP contribution >= 0.6 is 0 Å². The minimum atomic E-state index is 0.0972. The molecular formula is C11H16N4O. The number of rotatable bonds is 5. The normalized spacial score (nSPS) is 10.6. The summed E-state index contributed by atoms with van der Waals surface area (Å²) in [5.74, 6) is 0.938. The van der Waals surface area contributed by atoms with Crippen LogP contribution in [0.2, 0.25) is 0 Å². The Morgan fingerprint density at radius 2 is 2.44 bits per heavy atom. The molecule has 0 amide bonds. The van der Waals surface area contributed by atoms with E-state index in [0.717, 1.165) is 18.1 Å². The number of hydrogen-bond donors (Lipinski definition) is 3. The Labute approximate surface area is 94.1 Å². The smallest absolute Gasteiger partial charge is 0.124 e. The van der Waals surface area contributed by atoms with Crippen LogP contribution in [-0.2, 0) is 13.1 Å². The van der Waals surface area contributed by atoms with Crippen LogP contribution in [0.15, 0.2) is 24.5 Å². The predicted molar refractivity (Wildman–Crippen MR) is 62.2 cm³/mol. The van der Waals surface area contributed by atoms with E-state index in [1.165, 1.54) is 5.56 Å². The van der Waals surface area contributed by atoms with Crippen LogP contribution in [0.3, 0.4) is 0 Å². The molecule has 16 heavy (non-hydrogen) atoms. The topological polar surface area (TPSA) is 65.9 Å². The quantitative estimate of drug-likeness (QED) is 0.707. The highest BCUT2D eigenvalue weighted by molar-refractivity contribution is 5.37. The summed E-state index contributed by atoms with van der Waals surface area (Å²) in [5, 5.41) is 16.5. The van der Waals surface area contributed by atoms with Crippen molar-refractivity contribution in [2.24, 2.45) is 0 Å². The minimum Gasteiger partial charge on any atom is -0.394 e. The SMILES string of the molecule is Cc1cc(NCc2cc[nH]c2)n(CCO)n1. The van der Waals surface area contributed by atoms with Gasteiger partial charge in [0, 0.05) is 25.0 Å². The van der Waals surface area contributed by atoms with Gasteiger partial charge in [0.2, 0.25) is 0 Å². The Bertz CT molecular complexity index is 433. The molecule has 2 aromatic rings. The third kappa shape index (κ3) is 2.43. The van der Waals surface area contributed by atoms with Crippen LogP contribution in [-0.4, -0.2) is 26.5 Å². The highest BCUT2D eigenvalue weighted by Gasteiger charge is 2.04. The standard InChI is InChI=1S/C11H16N4O/c1-9-6-11(15(14-9)4-5-16)13-8-10-2-3-12-7-10/h2-3,6-7,12-13,16H,4-5,8H2,1H3. The molecule has 0 bridgehead atoms. The highest BCUT2D eigenvalue weighted by atomic mass is 16.3. The van der Waals surface area contributed by atoms with Gasteiger partial charge in [0.15, 0.2) is 0 Å². The van der Waals surface area contributed by atoms with Gasteiger partial charge < -0.3 is 15.4 Å². The van der Waals surface area contributed by atoms with Crippen molar-refractivity contribution in [3.8, 4) is 0 Å². The molecular weight excluding hydrogens is 204 g/mol. The van der Waals surface area contributed by atoms with E-state index in [-0.39, 0.29) is 6.61 Å². The number of aliphatic hydroxyl groups is 1. The first-order chi connectivity index (χ1) is 7.79. The number of aliphatic hydroxyl groups excluding tert-OH is 1. The van der Waals surface area contributed by atoms with Crippen molar-refractivity contribution in [2.45, 2.75) is 20.0 Å². The molecule has 2 heterocycles. The molecule has 5 heteroatoms. The molecule has 0 saturated heterocycles. The zero-order valence-electron chi connectivity index (χ0n) is 9.27. The molecule has 0 aliphatic heterocycles. The molecule has 5 nitrogen and oxygen atoms in total. The predicted octanol–water partition coefficient (Wildman–Crippen LogP) is 1.12. The lowest BCUT2D eigenvalue weighted by molar-refractivity contribution is 0.270. The van der Waals surface area contributed by atoms with E-state index in [1.807, 2.05) is 31.5 Å². The maximum Gasteiger partial charge on any atom is 0.124 e. The van der Waals surface area contributed by atoms with Crippen LogP contribution in [0.5, 0.6) is 0 Å². The molecule has 3 N–H and O–H groups in total. The van der Waals surface area contributed by atoms with Crippen LogP contribution in [0.1, 0.15) is 11.3 Å². The fraction of sp³-hybridized carbons (Fsp3) is 0.364. The van der Waals surface area contributed by atoms with Crippen molar-refractivity contribution >= 4 is 5.82 Å². The van der Waals surface area contributed by atoms with Gasteiger partial charge in [-0.05, 0) is 18.6 Å². The van der Waals surface area contributed by atoms with E-state index < -0.39 is 0 Å². The first-order valence-corrected chi connectivity index (χ1v) is 5.30. The number of nitrogens with zero attached hydrogens (tertiary/aromatic N) is 2. The summed E-state index contributed by atoms with van der Waals surface area (Å²) in [6.45, 7) is 3.30. The Morgan fingerprint density at radius 1 is 1.56 bits per heavy atom. The maximum absolute atomic E-state index is 8.91.